The maximum absolute atomic E-state index is 5.97. The minimum atomic E-state index is 0.440. The summed E-state index contributed by atoms with van der Waals surface area (Å²) in [6.07, 6.45) is 4.95. The number of hydrogen-bond acceptors (Lipinski definition) is 3. The summed E-state index contributed by atoms with van der Waals surface area (Å²) in [5.74, 6) is 0. The molecule has 1 rings (SSSR count). The molecule has 0 amide bonds. The van der Waals surface area contributed by atoms with E-state index in [1.165, 1.54) is 19.3 Å². The Hall–Kier alpha value is 0.270. The summed E-state index contributed by atoms with van der Waals surface area (Å²) in [4.78, 5) is 0. The van der Waals surface area contributed by atoms with E-state index in [1.807, 2.05) is 11.8 Å². The molecule has 3 atom stereocenters. The van der Waals surface area contributed by atoms with Crippen LogP contribution in [0.1, 0.15) is 32.6 Å². The maximum atomic E-state index is 5.97. The summed E-state index contributed by atoms with van der Waals surface area (Å²) in [6, 6.07) is 0.440. The Morgan fingerprint density at radius 1 is 1.50 bits per heavy atom. The number of rotatable bonds is 4. The molecule has 0 saturated heterocycles. The van der Waals surface area contributed by atoms with Gasteiger partial charge in [-0.2, -0.15) is 11.8 Å². The van der Waals surface area contributed by atoms with Gasteiger partial charge in [0.15, 0.2) is 0 Å². The molecule has 0 aliphatic heterocycles. The normalized spacial score (nSPS) is 32.2. The van der Waals surface area contributed by atoms with E-state index in [9.17, 15) is 0 Å². The molecule has 3 unspecified atom stereocenters. The van der Waals surface area contributed by atoms with Gasteiger partial charge in [-0.25, -0.2) is 0 Å². The fourth-order valence-corrected chi connectivity index (χ4v) is 3.23. The fourth-order valence-electron chi connectivity index (χ4n) is 1.72. The highest BCUT2D eigenvalue weighted by molar-refractivity contribution is 8.00. The van der Waals surface area contributed by atoms with Crippen molar-refractivity contribution in [1.29, 1.82) is 0 Å². The molecule has 0 aromatic rings. The van der Waals surface area contributed by atoms with Gasteiger partial charge in [-0.1, -0.05) is 13.3 Å². The van der Waals surface area contributed by atoms with Gasteiger partial charge in [0, 0.05) is 16.5 Å². The maximum Gasteiger partial charge on any atom is 0.0201 e. The van der Waals surface area contributed by atoms with Crippen LogP contribution >= 0.6 is 11.8 Å². The molecule has 0 spiro atoms. The largest absolute Gasteiger partial charge is 0.330 e. The number of thioether (sulfide) groups is 1. The van der Waals surface area contributed by atoms with Gasteiger partial charge in [-0.15, -0.1) is 0 Å². The van der Waals surface area contributed by atoms with Crippen molar-refractivity contribution in [3.8, 4) is 0 Å². The highest BCUT2D eigenvalue weighted by Gasteiger charge is 2.25. The molecule has 0 aromatic carbocycles. The van der Waals surface area contributed by atoms with E-state index in [2.05, 4.69) is 6.92 Å². The van der Waals surface area contributed by atoms with Crippen molar-refractivity contribution in [2.75, 3.05) is 6.54 Å². The highest BCUT2D eigenvalue weighted by atomic mass is 32.2. The van der Waals surface area contributed by atoms with E-state index in [1.54, 1.807) is 0 Å². The van der Waals surface area contributed by atoms with Crippen LogP contribution < -0.4 is 11.5 Å². The molecule has 1 fully saturated rings. The van der Waals surface area contributed by atoms with E-state index < -0.39 is 0 Å². The van der Waals surface area contributed by atoms with Gasteiger partial charge in [0.05, 0.1) is 0 Å². The molecule has 1 aliphatic carbocycles. The molecular weight excluding hydrogens is 168 g/mol. The molecule has 2 nitrogen and oxygen atoms in total. The summed E-state index contributed by atoms with van der Waals surface area (Å²) < 4.78 is 0. The van der Waals surface area contributed by atoms with E-state index in [0.717, 1.165) is 13.0 Å². The van der Waals surface area contributed by atoms with Gasteiger partial charge in [0.1, 0.15) is 0 Å². The number of nitrogens with two attached hydrogens (primary N) is 2. The third kappa shape index (κ3) is 2.96. The van der Waals surface area contributed by atoms with Gasteiger partial charge in [0.2, 0.25) is 0 Å². The lowest BCUT2D eigenvalue weighted by atomic mass is 10.3. The van der Waals surface area contributed by atoms with Crippen LogP contribution in [0.25, 0.3) is 0 Å². The zero-order chi connectivity index (χ0) is 8.97. The summed E-state index contributed by atoms with van der Waals surface area (Å²) in [5, 5.41) is 1.38. The van der Waals surface area contributed by atoms with Crippen LogP contribution in [-0.4, -0.2) is 23.1 Å². The Labute approximate surface area is 79.5 Å². The molecule has 1 saturated carbocycles. The van der Waals surface area contributed by atoms with Gasteiger partial charge in [-0.05, 0) is 25.8 Å². The van der Waals surface area contributed by atoms with Crippen molar-refractivity contribution in [1.82, 2.24) is 0 Å². The third-order valence-electron chi connectivity index (χ3n) is 2.48. The molecule has 0 bridgehead atoms. The minimum Gasteiger partial charge on any atom is -0.330 e. The quantitative estimate of drug-likeness (QED) is 0.700. The Balaban J connectivity index is 2.20. The van der Waals surface area contributed by atoms with E-state index in [4.69, 9.17) is 11.5 Å². The van der Waals surface area contributed by atoms with Crippen molar-refractivity contribution in [3.63, 3.8) is 0 Å². The monoisotopic (exact) mass is 188 g/mol. The molecule has 3 heteroatoms. The van der Waals surface area contributed by atoms with E-state index >= 15 is 0 Å². The molecule has 0 radical (unpaired) electrons. The smallest absolute Gasteiger partial charge is 0.0201 e. The lowest BCUT2D eigenvalue weighted by Crippen LogP contribution is -2.28. The van der Waals surface area contributed by atoms with Gasteiger partial charge < -0.3 is 11.5 Å². The van der Waals surface area contributed by atoms with Crippen molar-refractivity contribution in [2.45, 2.75) is 49.1 Å². The predicted octanol–water partition coefficient (Wildman–Crippen LogP) is 1.34. The van der Waals surface area contributed by atoms with Crippen LogP contribution in [0.2, 0.25) is 0 Å². The number of hydrogen-bond donors (Lipinski definition) is 2. The Bertz CT molecular complexity index is 130. The van der Waals surface area contributed by atoms with Crippen LogP contribution in [0.4, 0.5) is 0 Å². The zero-order valence-electron chi connectivity index (χ0n) is 7.83. The van der Waals surface area contributed by atoms with Crippen LogP contribution in [0.15, 0.2) is 0 Å². The van der Waals surface area contributed by atoms with Gasteiger partial charge in [-0.3, -0.25) is 0 Å². The molecule has 72 valence electrons. The van der Waals surface area contributed by atoms with Crippen molar-refractivity contribution >= 4 is 11.8 Å². The second kappa shape index (κ2) is 5.10. The zero-order valence-corrected chi connectivity index (χ0v) is 8.65. The van der Waals surface area contributed by atoms with E-state index in [0.29, 0.717) is 16.5 Å². The van der Waals surface area contributed by atoms with Crippen LogP contribution in [0.3, 0.4) is 0 Å². The summed E-state index contributed by atoms with van der Waals surface area (Å²) in [5.41, 5.74) is 11.5. The molecule has 12 heavy (non-hydrogen) atoms. The van der Waals surface area contributed by atoms with Crippen LogP contribution in [-0.2, 0) is 0 Å². The summed E-state index contributed by atoms with van der Waals surface area (Å²) in [6.45, 7) is 3.05. The van der Waals surface area contributed by atoms with E-state index in [-0.39, 0.29) is 0 Å². The average Bonchev–Trinajstić information content (AvgIpc) is 2.37. The average molecular weight is 188 g/mol. The van der Waals surface area contributed by atoms with Gasteiger partial charge >= 0.3 is 0 Å². The third-order valence-corrected chi connectivity index (χ3v) is 4.12. The predicted molar refractivity (Wildman–Crippen MR) is 56.3 cm³/mol. The topological polar surface area (TPSA) is 52.0 Å². The van der Waals surface area contributed by atoms with Crippen molar-refractivity contribution < 1.29 is 0 Å². The molecule has 0 aromatic heterocycles. The first-order valence-corrected chi connectivity index (χ1v) is 5.79. The molecular formula is C9H20N2S. The van der Waals surface area contributed by atoms with Crippen molar-refractivity contribution in [2.24, 2.45) is 11.5 Å². The molecule has 0 heterocycles. The highest BCUT2D eigenvalue weighted by Crippen LogP contribution is 2.32. The standard InChI is InChI=1S/C9H20N2S/c1-7(5-6-10)12-9-4-2-3-8(9)11/h7-9H,2-6,10-11H2,1H3. The van der Waals surface area contributed by atoms with Gasteiger partial charge in [0.25, 0.3) is 0 Å². The second-order valence-electron chi connectivity index (χ2n) is 3.66. The first-order valence-electron chi connectivity index (χ1n) is 4.85. The SMILES string of the molecule is CC(CCN)SC1CCCC1N. The Kier molecular flexibility index (Phi) is 4.40. The summed E-state index contributed by atoms with van der Waals surface area (Å²) >= 11 is 2.03. The van der Waals surface area contributed by atoms with Crippen molar-refractivity contribution in [3.05, 3.63) is 0 Å². The molecule has 4 N–H and O–H groups in total. The van der Waals surface area contributed by atoms with Crippen LogP contribution in [0, 0.1) is 0 Å². The Morgan fingerprint density at radius 2 is 2.25 bits per heavy atom. The Morgan fingerprint density at radius 3 is 2.75 bits per heavy atom. The lowest BCUT2D eigenvalue weighted by Gasteiger charge is -2.19. The minimum absolute atomic E-state index is 0.440. The first kappa shape index (κ1) is 10.4. The first-order chi connectivity index (χ1) is 5.74. The summed E-state index contributed by atoms with van der Waals surface area (Å²) in [7, 11) is 0. The lowest BCUT2D eigenvalue weighted by molar-refractivity contribution is 0.710. The fraction of sp³-hybridized carbons (Fsp3) is 1.00. The molecule has 1 aliphatic rings. The second-order valence-corrected chi connectivity index (χ2v) is 5.34. The van der Waals surface area contributed by atoms with Crippen LogP contribution in [0.5, 0.6) is 0 Å².